The van der Waals surface area contributed by atoms with Crippen LogP contribution in [0, 0.1) is 6.92 Å². The molecular formula is C24H31N3O4S. The Kier molecular flexibility index (Phi) is 6.71. The molecule has 0 aliphatic carbocycles. The highest BCUT2D eigenvalue weighted by Crippen LogP contribution is 2.25. The van der Waals surface area contributed by atoms with Gasteiger partial charge in [0.2, 0.25) is 10.0 Å². The van der Waals surface area contributed by atoms with Crippen molar-refractivity contribution in [1.82, 2.24) is 9.21 Å². The number of aryl methyl sites for hydroxylation is 1. The van der Waals surface area contributed by atoms with Crippen molar-refractivity contribution in [2.45, 2.75) is 31.1 Å². The average Bonchev–Trinajstić information content (AvgIpc) is 2.84. The van der Waals surface area contributed by atoms with E-state index < -0.39 is 10.0 Å². The van der Waals surface area contributed by atoms with Crippen molar-refractivity contribution < 1.29 is 17.9 Å². The number of nitrogens with zero attached hydrogens (tertiary/aromatic N) is 3. The largest absolute Gasteiger partial charge is 0.497 e. The number of piperazine rings is 1. The van der Waals surface area contributed by atoms with Crippen LogP contribution in [-0.4, -0.2) is 69.9 Å². The lowest BCUT2D eigenvalue weighted by Crippen LogP contribution is -2.48. The van der Waals surface area contributed by atoms with E-state index in [2.05, 4.69) is 4.90 Å². The number of carbonyl (C=O) groups excluding carboxylic acids is 1. The van der Waals surface area contributed by atoms with Crippen molar-refractivity contribution in [3.63, 3.8) is 0 Å². The molecule has 0 aromatic heterocycles. The average molecular weight is 458 g/mol. The topological polar surface area (TPSA) is 70.2 Å². The number of ether oxygens (including phenoxy) is 1. The van der Waals surface area contributed by atoms with Crippen molar-refractivity contribution in [1.29, 1.82) is 0 Å². The summed E-state index contributed by atoms with van der Waals surface area (Å²) in [6, 6.07) is 12.7. The monoisotopic (exact) mass is 457 g/mol. The summed E-state index contributed by atoms with van der Waals surface area (Å²) >= 11 is 0. The number of likely N-dealkylation sites (tertiary alicyclic amines) is 1. The van der Waals surface area contributed by atoms with Gasteiger partial charge in [-0.05, 0) is 68.1 Å². The van der Waals surface area contributed by atoms with E-state index in [-0.39, 0.29) is 10.8 Å². The molecule has 2 heterocycles. The number of rotatable bonds is 5. The molecule has 8 heteroatoms. The van der Waals surface area contributed by atoms with Gasteiger partial charge in [-0.2, -0.15) is 4.31 Å². The van der Waals surface area contributed by atoms with Gasteiger partial charge in [0.15, 0.2) is 0 Å². The molecule has 2 aliphatic rings. The second-order valence-electron chi connectivity index (χ2n) is 8.42. The first-order valence-corrected chi connectivity index (χ1v) is 12.6. The van der Waals surface area contributed by atoms with Gasteiger partial charge in [-0.1, -0.05) is 6.07 Å². The number of carbonyl (C=O) groups is 1. The van der Waals surface area contributed by atoms with Gasteiger partial charge in [0.1, 0.15) is 5.75 Å². The summed E-state index contributed by atoms with van der Waals surface area (Å²) in [5, 5.41) is 0. The van der Waals surface area contributed by atoms with Gasteiger partial charge in [-0.3, -0.25) is 4.79 Å². The number of sulfonamides is 1. The summed E-state index contributed by atoms with van der Waals surface area (Å²) in [7, 11) is -2.03. The maximum Gasteiger partial charge on any atom is 0.254 e. The molecule has 1 amide bonds. The Balaban J connectivity index is 1.48. The summed E-state index contributed by atoms with van der Waals surface area (Å²) in [6.07, 6.45) is 3.14. The van der Waals surface area contributed by atoms with Crippen LogP contribution in [0.15, 0.2) is 47.4 Å². The fourth-order valence-electron chi connectivity index (χ4n) is 4.39. The maximum absolute atomic E-state index is 13.3. The fourth-order valence-corrected chi connectivity index (χ4v) is 5.84. The Morgan fingerprint density at radius 1 is 0.875 bits per heavy atom. The van der Waals surface area contributed by atoms with Crippen LogP contribution in [0.4, 0.5) is 5.69 Å². The van der Waals surface area contributed by atoms with Crippen molar-refractivity contribution in [3.8, 4) is 5.75 Å². The van der Waals surface area contributed by atoms with Crippen LogP contribution in [0.25, 0.3) is 0 Å². The quantitative estimate of drug-likeness (QED) is 0.690. The van der Waals surface area contributed by atoms with Crippen LogP contribution in [0.3, 0.4) is 0 Å². The summed E-state index contributed by atoms with van der Waals surface area (Å²) in [4.78, 5) is 17.2. The van der Waals surface area contributed by atoms with Gasteiger partial charge in [-0.15, -0.1) is 0 Å². The zero-order valence-corrected chi connectivity index (χ0v) is 19.6. The summed E-state index contributed by atoms with van der Waals surface area (Å²) in [5.41, 5.74) is 2.35. The molecule has 2 fully saturated rings. The molecule has 0 unspecified atom stereocenters. The molecule has 0 bridgehead atoms. The molecule has 2 saturated heterocycles. The molecule has 0 saturated carbocycles. The van der Waals surface area contributed by atoms with Gasteiger partial charge in [0, 0.05) is 50.5 Å². The van der Waals surface area contributed by atoms with Gasteiger partial charge < -0.3 is 14.5 Å². The van der Waals surface area contributed by atoms with Crippen molar-refractivity contribution in [2.75, 3.05) is 51.3 Å². The third kappa shape index (κ3) is 4.61. The van der Waals surface area contributed by atoms with Crippen LogP contribution >= 0.6 is 0 Å². The maximum atomic E-state index is 13.3. The highest BCUT2D eigenvalue weighted by Gasteiger charge is 2.30. The minimum absolute atomic E-state index is 0.0661. The van der Waals surface area contributed by atoms with Gasteiger partial charge in [0.05, 0.1) is 12.0 Å². The molecule has 0 radical (unpaired) electrons. The molecule has 172 valence electrons. The molecule has 2 aromatic carbocycles. The van der Waals surface area contributed by atoms with Crippen LogP contribution in [-0.2, 0) is 10.0 Å². The highest BCUT2D eigenvalue weighted by molar-refractivity contribution is 7.89. The van der Waals surface area contributed by atoms with Gasteiger partial charge in [0.25, 0.3) is 5.91 Å². The minimum Gasteiger partial charge on any atom is -0.497 e. The molecule has 0 spiro atoms. The summed E-state index contributed by atoms with van der Waals surface area (Å²) in [5.74, 6) is 0.729. The fraction of sp³-hybridized carbons (Fsp3) is 0.458. The van der Waals surface area contributed by atoms with Crippen LogP contribution in [0.2, 0.25) is 0 Å². The lowest BCUT2D eigenvalue weighted by molar-refractivity contribution is 0.0723. The second kappa shape index (κ2) is 9.50. The third-order valence-electron chi connectivity index (χ3n) is 6.40. The molecule has 0 N–H and O–H groups in total. The predicted octanol–water partition coefficient (Wildman–Crippen LogP) is 3.14. The molecule has 2 aliphatic heterocycles. The first kappa shape index (κ1) is 22.6. The molecule has 32 heavy (non-hydrogen) atoms. The van der Waals surface area contributed by atoms with Crippen molar-refractivity contribution in [3.05, 3.63) is 53.6 Å². The zero-order valence-electron chi connectivity index (χ0n) is 18.8. The molecule has 4 rings (SSSR count). The Morgan fingerprint density at radius 3 is 2.16 bits per heavy atom. The number of anilines is 1. The molecule has 7 nitrogen and oxygen atoms in total. The second-order valence-corrected chi connectivity index (χ2v) is 10.4. The van der Waals surface area contributed by atoms with E-state index in [0.717, 1.165) is 49.4 Å². The standard InChI is InChI=1S/C24H31N3O4S/c1-19-6-11-22(18-23(19)24(28)26-12-4-3-5-13-26)32(29,30)27-16-14-25(15-17-27)20-7-9-21(31-2)10-8-20/h6-11,18H,3-5,12-17H2,1-2H3. The Hall–Kier alpha value is -2.58. The molecule has 0 atom stereocenters. The Labute approximate surface area is 190 Å². The number of amides is 1. The Bertz CT molecular complexity index is 1060. The van der Waals surface area contributed by atoms with Crippen molar-refractivity contribution in [2.24, 2.45) is 0 Å². The smallest absolute Gasteiger partial charge is 0.254 e. The molecule has 2 aromatic rings. The molecular weight excluding hydrogens is 426 g/mol. The van der Waals surface area contributed by atoms with E-state index in [1.165, 1.54) is 4.31 Å². The number of piperidine rings is 1. The number of hydrogen-bond acceptors (Lipinski definition) is 5. The van der Waals surface area contributed by atoms with Crippen LogP contribution < -0.4 is 9.64 Å². The van der Waals surface area contributed by atoms with Gasteiger partial charge >= 0.3 is 0 Å². The van der Waals surface area contributed by atoms with Gasteiger partial charge in [-0.25, -0.2) is 8.42 Å². The summed E-state index contributed by atoms with van der Waals surface area (Å²) < 4.78 is 33.4. The Morgan fingerprint density at radius 2 is 1.53 bits per heavy atom. The SMILES string of the molecule is COc1ccc(N2CCN(S(=O)(=O)c3ccc(C)c(C(=O)N4CCCCC4)c3)CC2)cc1. The van der Waals surface area contributed by atoms with Crippen LogP contribution in [0.1, 0.15) is 35.2 Å². The van der Waals surface area contributed by atoms with E-state index in [9.17, 15) is 13.2 Å². The first-order valence-electron chi connectivity index (χ1n) is 11.2. The van der Waals surface area contributed by atoms with Crippen molar-refractivity contribution >= 4 is 21.6 Å². The number of methoxy groups -OCH3 is 1. The normalized spacial score (nSPS) is 17.9. The summed E-state index contributed by atoms with van der Waals surface area (Å²) in [6.45, 7) is 5.36. The number of benzene rings is 2. The lowest BCUT2D eigenvalue weighted by atomic mass is 10.1. The van der Waals surface area contributed by atoms with Crippen LogP contribution in [0.5, 0.6) is 5.75 Å². The highest BCUT2D eigenvalue weighted by atomic mass is 32.2. The van der Waals surface area contributed by atoms with E-state index in [4.69, 9.17) is 4.74 Å². The van der Waals surface area contributed by atoms with E-state index >= 15 is 0 Å². The van der Waals surface area contributed by atoms with E-state index in [1.54, 1.807) is 25.3 Å². The zero-order chi connectivity index (χ0) is 22.7. The minimum atomic E-state index is -3.67. The lowest BCUT2D eigenvalue weighted by Gasteiger charge is -2.35. The number of hydrogen-bond donors (Lipinski definition) is 0. The predicted molar refractivity (Wildman–Crippen MR) is 125 cm³/mol. The van der Waals surface area contributed by atoms with E-state index in [0.29, 0.717) is 31.7 Å². The van der Waals surface area contributed by atoms with E-state index in [1.807, 2.05) is 36.1 Å². The third-order valence-corrected chi connectivity index (χ3v) is 8.29. The first-order chi connectivity index (χ1) is 15.4.